The normalized spacial score (nSPS) is 23.6. The number of carbonyl (C=O) groups is 2. The van der Waals surface area contributed by atoms with Gasteiger partial charge in [0.25, 0.3) is 0 Å². The summed E-state index contributed by atoms with van der Waals surface area (Å²) in [6.45, 7) is 9.50. The van der Waals surface area contributed by atoms with E-state index in [-0.39, 0.29) is 18.6 Å². The quantitative estimate of drug-likeness (QED) is 0.561. The number of amides is 2. The molecule has 3 saturated heterocycles. The fourth-order valence-corrected chi connectivity index (χ4v) is 5.49. The molecule has 0 spiro atoms. The lowest BCUT2D eigenvalue weighted by Gasteiger charge is -2.45. The molecule has 1 aromatic rings. The fourth-order valence-electron chi connectivity index (χ4n) is 5.49. The minimum absolute atomic E-state index is 0.112. The van der Waals surface area contributed by atoms with Crippen LogP contribution in [0.3, 0.4) is 0 Å². The maximum atomic E-state index is 12.7. The van der Waals surface area contributed by atoms with Crippen molar-refractivity contribution >= 4 is 12.0 Å². The Bertz CT molecular complexity index is 914. The summed E-state index contributed by atoms with van der Waals surface area (Å²) in [5.74, 6) is 1.49. The first-order chi connectivity index (χ1) is 17.4. The summed E-state index contributed by atoms with van der Waals surface area (Å²) in [5.41, 5.74) is 0.574. The number of ether oxygens (including phenoxy) is 2. The highest BCUT2D eigenvalue weighted by Crippen LogP contribution is 2.29. The molecule has 10 nitrogen and oxygen atoms in total. The number of hydrogen-bond donors (Lipinski definition) is 1. The van der Waals surface area contributed by atoms with Gasteiger partial charge in [0.1, 0.15) is 25.1 Å². The molecule has 36 heavy (non-hydrogen) atoms. The van der Waals surface area contributed by atoms with Crippen molar-refractivity contribution in [1.82, 2.24) is 19.6 Å². The van der Waals surface area contributed by atoms with Gasteiger partial charge < -0.3 is 24.4 Å². The summed E-state index contributed by atoms with van der Waals surface area (Å²) in [6.07, 6.45) is 0.243. The van der Waals surface area contributed by atoms with Crippen molar-refractivity contribution in [3.63, 3.8) is 0 Å². The van der Waals surface area contributed by atoms with Gasteiger partial charge in [0.05, 0.1) is 11.6 Å². The van der Waals surface area contributed by atoms with Gasteiger partial charge in [0.15, 0.2) is 0 Å². The summed E-state index contributed by atoms with van der Waals surface area (Å²) >= 11 is 0. The molecule has 1 aromatic carbocycles. The molecule has 0 aliphatic carbocycles. The van der Waals surface area contributed by atoms with E-state index >= 15 is 0 Å². The monoisotopic (exact) mass is 499 g/mol. The SMILES string of the molecule is CC(=O)N1CCN(CCOC(=O)N2CC3CC(CN(CC(O)COc4ccc(C#N)cc4)C3)C2)CC1. The Morgan fingerprint density at radius 3 is 2.31 bits per heavy atom. The second-order valence-electron chi connectivity index (χ2n) is 10.2. The highest BCUT2D eigenvalue weighted by atomic mass is 16.6. The molecule has 0 saturated carbocycles. The van der Waals surface area contributed by atoms with Gasteiger partial charge in [-0.2, -0.15) is 5.26 Å². The molecule has 3 aliphatic rings. The van der Waals surface area contributed by atoms with Crippen LogP contribution in [0.5, 0.6) is 5.75 Å². The minimum atomic E-state index is -0.613. The van der Waals surface area contributed by atoms with Gasteiger partial charge in [-0.05, 0) is 42.5 Å². The van der Waals surface area contributed by atoms with Crippen molar-refractivity contribution in [1.29, 1.82) is 5.26 Å². The topological polar surface area (TPSA) is 110 Å². The number of piperazine rings is 1. The Labute approximate surface area is 212 Å². The number of benzene rings is 1. The first-order valence-electron chi connectivity index (χ1n) is 12.8. The molecule has 10 heteroatoms. The fraction of sp³-hybridized carbons (Fsp3) is 0.654. The maximum absolute atomic E-state index is 12.7. The third-order valence-electron chi connectivity index (χ3n) is 7.26. The minimum Gasteiger partial charge on any atom is -0.491 e. The number of nitriles is 1. The highest BCUT2D eigenvalue weighted by Gasteiger charge is 2.37. The second kappa shape index (κ2) is 12.4. The third kappa shape index (κ3) is 7.32. The van der Waals surface area contributed by atoms with E-state index in [4.69, 9.17) is 14.7 Å². The molecule has 2 amide bonds. The molecular weight excluding hydrogens is 462 g/mol. The number of β-amino-alcohol motifs (C(OH)–C–C–N with tert-alkyl or cyclic N) is 1. The Balaban J connectivity index is 1.13. The average Bonchev–Trinajstić information content (AvgIpc) is 2.87. The van der Waals surface area contributed by atoms with E-state index < -0.39 is 6.10 Å². The summed E-state index contributed by atoms with van der Waals surface area (Å²) in [5, 5.41) is 19.4. The Morgan fingerprint density at radius 2 is 1.69 bits per heavy atom. The van der Waals surface area contributed by atoms with E-state index in [2.05, 4.69) is 15.9 Å². The Morgan fingerprint density at radius 1 is 1.03 bits per heavy atom. The number of hydrogen-bond acceptors (Lipinski definition) is 8. The predicted molar refractivity (Wildman–Crippen MR) is 132 cm³/mol. The summed E-state index contributed by atoms with van der Waals surface area (Å²) < 4.78 is 11.3. The first-order valence-corrected chi connectivity index (χ1v) is 12.8. The van der Waals surface area contributed by atoms with Gasteiger partial charge >= 0.3 is 6.09 Å². The lowest BCUT2D eigenvalue weighted by atomic mass is 9.84. The molecule has 4 rings (SSSR count). The van der Waals surface area contributed by atoms with Crippen molar-refractivity contribution in [3.05, 3.63) is 29.8 Å². The number of rotatable bonds is 8. The van der Waals surface area contributed by atoms with Crippen molar-refractivity contribution in [2.75, 3.05) is 78.7 Å². The first kappa shape index (κ1) is 26.2. The number of carbonyl (C=O) groups excluding carboxylic acids is 2. The van der Waals surface area contributed by atoms with Crippen LogP contribution >= 0.6 is 0 Å². The molecule has 1 N–H and O–H groups in total. The number of likely N-dealkylation sites (tertiary alicyclic amines) is 2. The summed E-state index contributed by atoms with van der Waals surface area (Å²) in [7, 11) is 0. The van der Waals surface area contributed by atoms with Crippen LogP contribution in [-0.4, -0.2) is 121 Å². The van der Waals surface area contributed by atoms with Gasteiger partial charge in [0, 0.05) is 72.4 Å². The van der Waals surface area contributed by atoms with E-state index in [9.17, 15) is 14.7 Å². The molecule has 0 radical (unpaired) electrons. The standard InChI is InChI=1S/C26H37N5O5/c1-20(32)30-8-6-28(7-9-30)10-11-35-26(34)31-16-22-12-23(17-31)15-29(14-22)18-24(33)19-36-25-4-2-21(13-27)3-5-25/h2-5,22-24,33H,6-12,14-19H2,1H3. The number of nitrogens with zero attached hydrogens (tertiary/aromatic N) is 5. The van der Waals surface area contributed by atoms with Crippen LogP contribution in [0.2, 0.25) is 0 Å². The lowest BCUT2D eigenvalue weighted by molar-refractivity contribution is -0.130. The zero-order valence-corrected chi connectivity index (χ0v) is 21.1. The second-order valence-corrected chi connectivity index (χ2v) is 10.2. The molecular formula is C26H37N5O5. The number of aliphatic hydroxyl groups excluding tert-OH is 1. The van der Waals surface area contributed by atoms with Gasteiger partial charge in [0.2, 0.25) is 5.91 Å². The number of aliphatic hydroxyl groups is 1. The zero-order valence-electron chi connectivity index (χ0n) is 21.1. The maximum Gasteiger partial charge on any atom is 0.409 e. The Hall–Kier alpha value is -2.87. The molecule has 3 atom stereocenters. The molecule has 3 aliphatic heterocycles. The molecule has 0 aromatic heterocycles. The van der Waals surface area contributed by atoms with Crippen LogP contribution in [0.4, 0.5) is 4.79 Å². The zero-order chi connectivity index (χ0) is 25.5. The van der Waals surface area contributed by atoms with Gasteiger partial charge in [-0.1, -0.05) is 0 Å². The molecule has 3 heterocycles. The molecule has 3 fully saturated rings. The largest absolute Gasteiger partial charge is 0.491 e. The summed E-state index contributed by atoms with van der Waals surface area (Å²) in [6, 6.07) is 8.93. The highest BCUT2D eigenvalue weighted by molar-refractivity contribution is 5.73. The summed E-state index contributed by atoms with van der Waals surface area (Å²) in [4.78, 5) is 32.3. The van der Waals surface area contributed by atoms with Gasteiger partial charge in [-0.15, -0.1) is 0 Å². The molecule has 2 bridgehead atoms. The van der Waals surface area contributed by atoms with Crippen LogP contribution < -0.4 is 4.74 Å². The number of piperidine rings is 2. The third-order valence-corrected chi connectivity index (χ3v) is 7.26. The van der Waals surface area contributed by atoms with Crippen molar-refractivity contribution in [2.24, 2.45) is 11.8 Å². The lowest BCUT2D eigenvalue weighted by Crippen LogP contribution is -2.55. The number of fused-ring (bicyclic) bond motifs is 2. The van der Waals surface area contributed by atoms with Crippen LogP contribution in [0.25, 0.3) is 0 Å². The van der Waals surface area contributed by atoms with Gasteiger partial charge in [-0.3, -0.25) is 14.6 Å². The van der Waals surface area contributed by atoms with Crippen molar-refractivity contribution in [3.8, 4) is 11.8 Å². The predicted octanol–water partition coefficient (Wildman–Crippen LogP) is 0.852. The smallest absolute Gasteiger partial charge is 0.409 e. The van der Waals surface area contributed by atoms with E-state index in [1.54, 1.807) is 31.2 Å². The molecule has 196 valence electrons. The van der Waals surface area contributed by atoms with Crippen molar-refractivity contribution in [2.45, 2.75) is 19.4 Å². The van der Waals surface area contributed by atoms with Crippen LogP contribution in [0.1, 0.15) is 18.9 Å². The van der Waals surface area contributed by atoms with E-state index in [0.717, 1.165) is 45.7 Å². The van der Waals surface area contributed by atoms with Crippen molar-refractivity contribution < 1.29 is 24.2 Å². The van der Waals surface area contributed by atoms with Crippen LogP contribution in [0, 0.1) is 23.2 Å². The molecule has 3 unspecified atom stereocenters. The van der Waals surface area contributed by atoms with E-state index in [1.165, 1.54) is 0 Å². The Kier molecular flexibility index (Phi) is 9.02. The average molecular weight is 500 g/mol. The van der Waals surface area contributed by atoms with E-state index in [1.807, 2.05) is 9.80 Å². The van der Waals surface area contributed by atoms with Gasteiger partial charge in [-0.25, -0.2) is 4.79 Å². The van der Waals surface area contributed by atoms with Crippen LogP contribution in [-0.2, 0) is 9.53 Å². The van der Waals surface area contributed by atoms with Crippen LogP contribution in [0.15, 0.2) is 24.3 Å². The van der Waals surface area contributed by atoms with E-state index in [0.29, 0.717) is 55.9 Å².